The van der Waals surface area contributed by atoms with Crippen LogP contribution in [0.1, 0.15) is 10.4 Å². The summed E-state index contributed by atoms with van der Waals surface area (Å²) in [7, 11) is 1.86. The number of nitrogens with zero attached hydrogens (tertiary/aromatic N) is 2. The van der Waals surface area contributed by atoms with Crippen molar-refractivity contribution in [1.29, 1.82) is 0 Å². The van der Waals surface area contributed by atoms with Gasteiger partial charge in [-0.2, -0.15) is 5.10 Å². The number of fused-ring (bicyclic) bond motifs is 1. The normalized spacial score (nSPS) is 10.6. The van der Waals surface area contributed by atoms with Gasteiger partial charge < -0.3 is 5.32 Å². The number of amides is 1. The van der Waals surface area contributed by atoms with Gasteiger partial charge in [-0.15, -0.1) is 0 Å². The van der Waals surface area contributed by atoms with E-state index in [1.807, 2.05) is 49.5 Å². The lowest BCUT2D eigenvalue weighted by atomic mass is 10.2. The zero-order valence-corrected chi connectivity index (χ0v) is 10.5. The van der Waals surface area contributed by atoms with Gasteiger partial charge in [-0.05, 0) is 24.3 Å². The summed E-state index contributed by atoms with van der Waals surface area (Å²) < 4.78 is 1.76. The predicted molar refractivity (Wildman–Crippen MR) is 75.1 cm³/mol. The van der Waals surface area contributed by atoms with Crippen LogP contribution in [-0.2, 0) is 7.05 Å². The molecule has 0 saturated heterocycles. The third-order valence-electron chi connectivity index (χ3n) is 3.03. The fraction of sp³-hybridized carbons (Fsp3) is 0.0667. The minimum Gasteiger partial charge on any atom is -0.305 e. The molecular formula is C15H13N3O. The first kappa shape index (κ1) is 11.5. The van der Waals surface area contributed by atoms with E-state index in [-0.39, 0.29) is 5.91 Å². The number of aryl methyl sites for hydroxylation is 1. The molecule has 94 valence electrons. The van der Waals surface area contributed by atoms with Gasteiger partial charge in [-0.1, -0.05) is 30.3 Å². The lowest BCUT2D eigenvalue weighted by Gasteiger charge is -2.01. The van der Waals surface area contributed by atoms with Crippen molar-refractivity contribution in [2.45, 2.75) is 0 Å². The maximum Gasteiger partial charge on any atom is 0.256 e. The standard InChI is InChI=1S/C15H13N3O/c1-18-13-10-6-5-9-12(13)14(17-18)16-15(19)11-7-3-2-4-8-11/h2-10H,1H3,(H,16,17,19). The van der Waals surface area contributed by atoms with Crippen molar-refractivity contribution in [3.05, 3.63) is 60.2 Å². The molecule has 3 aromatic rings. The van der Waals surface area contributed by atoms with Crippen LogP contribution in [0.5, 0.6) is 0 Å². The lowest BCUT2D eigenvalue weighted by Crippen LogP contribution is -2.12. The number of benzene rings is 2. The van der Waals surface area contributed by atoms with Crippen LogP contribution in [-0.4, -0.2) is 15.7 Å². The first-order valence-electron chi connectivity index (χ1n) is 6.04. The number of nitrogens with one attached hydrogen (secondary N) is 1. The van der Waals surface area contributed by atoms with E-state index in [1.54, 1.807) is 16.8 Å². The number of anilines is 1. The van der Waals surface area contributed by atoms with E-state index >= 15 is 0 Å². The summed E-state index contributed by atoms with van der Waals surface area (Å²) in [4.78, 5) is 12.1. The highest BCUT2D eigenvalue weighted by Gasteiger charge is 2.11. The quantitative estimate of drug-likeness (QED) is 0.761. The molecule has 0 aliphatic rings. The topological polar surface area (TPSA) is 46.9 Å². The van der Waals surface area contributed by atoms with Gasteiger partial charge in [0.05, 0.1) is 5.52 Å². The highest BCUT2D eigenvalue weighted by molar-refractivity contribution is 6.07. The Morgan fingerprint density at radius 3 is 2.53 bits per heavy atom. The molecule has 0 unspecified atom stereocenters. The van der Waals surface area contributed by atoms with Gasteiger partial charge in [-0.25, -0.2) is 0 Å². The van der Waals surface area contributed by atoms with Crippen molar-refractivity contribution in [2.75, 3.05) is 5.32 Å². The van der Waals surface area contributed by atoms with E-state index in [2.05, 4.69) is 10.4 Å². The fourth-order valence-electron chi connectivity index (χ4n) is 2.08. The highest BCUT2D eigenvalue weighted by Crippen LogP contribution is 2.22. The first-order chi connectivity index (χ1) is 9.25. The van der Waals surface area contributed by atoms with E-state index in [1.165, 1.54) is 0 Å². The van der Waals surface area contributed by atoms with E-state index in [0.717, 1.165) is 10.9 Å². The number of para-hydroxylation sites is 1. The molecule has 2 aromatic carbocycles. The van der Waals surface area contributed by atoms with Crippen LogP contribution in [0.2, 0.25) is 0 Å². The molecular weight excluding hydrogens is 238 g/mol. The molecule has 0 saturated carbocycles. The minimum absolute atomic E-state index is 0.149. The Kier molecular flexibility index (Phi) is 2.76. The molecule has 4 nitrogen and oxygen atoms in total. The summed E-state index contributed by atoms with van der Waals surface area (Å²) >= 11 is 0. The molecule has 1 heterocycles. The summed E-state index contributed by atoms with van der Waals surface area (Å²) in [6.45, 7) is 0. The monoisotopic (exact) mass is 251 g/mol. The van der Waals surface area contributed by atoms with Crippen molar-refractivity contribution in [3.8, 4) is 0 Å². The van der Waals surface area contributed by atoms with E-state index < -0.39 is 0 Å². The van der Waals surface area contributed by atoms with Crippen LogP contribution in [0.25, 0.3) is 10.9 Å². The van der Waals surface area contributed by atoms with E-state index in [4.69, 9.17) is 0 Å². The SMILES string of the molecule is Cn1nc(NC(=O)c2ccccc2)c2ccccc21. The maximum atomic E-state index is 12.1. The van der Waals surface area contributed by atoms with Gasteiger partial charge in [0.1, 0.15) is 0 Å². The smallest absolute Gasteiger partial charge is 0.256 e. The van der Waals surface area contributed by atoms with Gasteiger partial charge in [0.15, 0.2) is 5.82 Å². The molecule has 0 radical (unpaired) electrons. The molecule has 1 N–H and O–H groups in total. The number of aromatic nitrogens is 2. The fourth-order valence-corrected chi connectivity index (χ4v) is 2.08. The van der Waals surface area contributed by atoms with Crippen LogP contribution in [0, 0.1) is 0 Å². The Morgan fingerprint density at radius 2 is 1.74 bits per heavy atom. The van der Waals surface area contributed by atoms with Crippen molar-refractivity contribution >= 4 is 22.6 Å². The second-order valence-corrected chi connectivity index (χ2v) is 4.31. The van der Waals surface area contributed by atoms with Crippen LogP contribution >= 0.6 is 0 Å². The van der Waals surface area contributed by atoms with Gasteiger partial charge in [0.25, 0.3) is 5.91 Å². The van der Waals surface area contributed by atoms with Crippen LogP contribution in [0.3, 0.4) is 0 Å². The highest BCUT2D eigenvalue weighted by atomic mass is 16.1. The average Bonchev–Trinajstić information content (AvgIpc) is 2.77. The minimum atomic E-state index is -0.149. The number of carbonyl (C=O) groups excluding carboxylic acids is 1. The van der Waals surface area contributed by atoms with Crippen molar-refractivity contribution in [3.63, 3.8) is 0 Å². The summed E-state index contributed by atoms with van der Waals surface area (Å²) in [5.41, 5.74) is 1.61. The molecule has 1 amide bonds. The van der Waals surface area contributed by atoms with Crippen molar-refractivity contribution < 1.29 is 4.79 Å². The molecule has 1 aromatic heterocycles. The molecule has 0 spiro atoms. The number of carbonyl (C=O) groups is 1. The van der Waals surface area contributed by atoms with Gasteiger partial charge in [0.2, 0.25) is 0 Å². The Balaban J connectivity index is 1.96. The zero-order chi connectivity index (χ0) is 13.2. The maximum absolute atomic E-state index is 12.1. The molecule has 0 fully saturated rings. The zero-order valence-electron chi connectivity index (χ0n) is 10.5. The van der Waals surface area contributed by atoms with Crippen LogP contribution < -0.4 is 5.32 Å². The number of hydrogen-bond donors (Lipinski definition) is 1. The average molecular weight is 251 g/mol. The summed E-state index contributed by atoms with van der Waals surface area (Å²) in [5, 5.41) is 8.13. The molecule has 0 bridgehead atoms. The third kappa shape index (κ3) is 2.08. The molecule has 3 rings (SSSR count). The second kappa shape index (κ2) is 4.57. The largest absolute Gasteiger partial charge is 0.305 e. The van der Waals surface area contributed by atoms with E-state index in [0.29, 0.717) is 11.4 Å². The second-order valence-electron chi connectivity index (χ2n) is 4.31. The summed E-state index contributed by atoms with van der Waals surface area (Å²) in [5.74, 6) is 0.441. The first-order valence-corrected chi connectivity index (χ1v) is 6.04. The van der Waals surface area contributed by atoms with Crippen LogP contribution in [0.15, 0.2) is 54.6 Å². The predicted octanol–water partition coefficient (Wildman–Crippen LogP) is 2.83. The Morgan fingerprint density at radius 1 is 1.05 bits per heavy atom. The van der Waals surface area contributed by atoms with Crippen molar-refractivity contribution in [1.82, 2.24) is 9.78 Å². The molecule has 19 heavy (non-hydrogen) atoms. The Labute approximate surface area is 110 Å². The summed E-state index contributed by atoms with van der Waals surface area (Å²) in [6.07, 6.45) is 0. The van der Waals surface area contributed by atoms with Gasteiger partial charge >= 0.3 is 0 Å². The summed E-state index contributed by atoms with van der Waals surface area (Å²) in [6, 6.07) is 16.9. The lowest BCUT2D eigenvalue weighted by molar-refractivity contribution is 0.102. The number of rotatable bonds is 2. The van der Waals surface area contributed by atoms with Gasteiger partial charge in [-0.3, -0.25) is 9.48 Å². The van der Waals surface area contributed by atoms with Crippen molar-refractivity contribution in [2.24, 2.45) is 7.05 Å². The van der Waals surface area contributed by atoms with Gasteiger partial charge in [0, 0.05) is 18.0 Å². The van der Waals surface area contributed by atoms with Crippen LogP contribution in [0.4, 0.5) is 5.82 Å². The van der Waals surface area contributed by atoms with E-state index in [9.17, 15) is 4.79 Å². The molecule has 0 atom stereocenters. The molecule has 0 aliphatic carbocycles. The molecule has 4 heteroatoms. The molecule has 0 aliphatic heterocycles. The Hall–Kier alpha value is -2.62. The Bertz CT molecular complexity index is 731. The number of hydrogen-bond acceptors (Lipinski definition) is 2. The third-order valence-corrected chi connectivity index (χ3v) is 3.03.